The monoisotopic (exact) mass is 226 g/mol. The fourth-order valence-corrected chi connectivity index (χ4v) is 2.09. The van der Waals surface area contributed by atoms with Crippen molar-refractivity contribution in [2.24, 2.45) is 5.92 Å². The minimum atomic E-state index is 0.672. The summed E-state index contributed by atoms with van der Waals surface area (Å²) in [5, 5.41) is 3.32. The molecule has 0 spiro atoms. The maximum atomic E-state index is 3.32. The van der Waals surface area contributed by atoms with Gasteiger partial charge in [-0.3, -0.25) is 0 Å². The Morgan fingerprint density at radius 2 is 1.81 bits per heavy atom. The average molecular weight is 226 g/mol. The van der Waals surface area contributed by atoms with Gasteiger partial charge in [-0.15, -0.1) is 0 Å². The van der Waals surface area contributed by atoms with E-state index in [1.54, 1.807) is 0 Å². The van der Waals surface area contributed by atoms with Crippen LogP contribution in [0.5, 0.6) is 0 Å². The molecule has 2 heteroatoms. The maximum Gasteiger partial charge on any atom is 0.00964 e. The third-order valence-corrected chi connectivity index (χ3v) is 3.63. The highest BCUT2D eigenvalue weighted by Gasteiger charge is 2.28. The molecule has 16 heavy (non-hydrogen) atoms. The van der Waals surface area contributed by atoms with Crippen LogP contribution in [-0.4, -0.2) is 37.1 Å². The summed E-state index contributed by atoms with van der Waals surface area (Å²) in [5.41, 5.74) is 0. The van der Waals surface area contributed by atoms with Crippen molar-refractivity contribution < 1.29 is 0 Å². The predicted octanol–water partition coefficient (Wildman–Crippen LogP) is 2.89. The molecule has 0 saturated heterocycles. The second kappa shape index (κ2) is 7.29. The molecule has 96 valence electrons. The lowest BCUT2D eigenvalue weighted by Crippen LogP contribution is -2.30. The lowest BCUT2D eigenvalue weighted by atomic mass is 10.1. The second-order valence-electron chi connectivity index (χ2n) is 5.78. The summed E-state index contributed by atoms with van der Waals surface area (Å²) in [4.78, 5) is 2.72. The van der Waals surface area contributed by atoms with Crippen molar-refractivity contribution in [1.29, 1.82) is 0 Å². The van der Waals surface area contributed by atoms with Gasteiger partial charge in [-0.05, 0) is 65.1 Å². The van der Waals surface area contributed by atoms with Crippen molar-refractivity contribution in [3.8, 4) is 0 Å². The molecule has 0 aromatic rings. The van der Waals surface area contributed by atoms with Gasteiger partial charge in [0.1, 0.15) is 0 Å². The lowest BCUT2D eigenvalue weighted by molar-refractivity contribution is 0.240. The van der Waals surface area contributed by atoms with E-state index < -0.39 is 0 Å². The van der Waals surface area contributed by atoms with Crippen molar-refractivity contribution in [3.63, 3.8) is 0 Å². The second-order valence-corrected chi connectivity index (χ2v) is 5.78. The summed E-state index contributed by atoms with van der Waals surface area (Å²) in [6.07, 6.45) is 6.90. The average Bonchev–Trinajstić information content (AvgIpc) is 3.06. The Morgan fingerprint density at radius 3 is 2.31 bits per heavy atom. The van der Waals surface area contributed by atoms with Crippen molar-refractivity contribution in [3.05, 3.63) is 0 Å². The number of nitrogens with one attached hydrogen (secondary N) is 1. The van der Waals surface area contributed by atoms with Crippen LogP contribution in [0.4, 0.5) is 0 Å². The quantitative estimate of drug-likeness (QED) is 0.650. The van der Waals surface area contributed by atoms with Gasteiger partial charge in [-0.1, -0.05) is 13.8 Å². The van der Waals surface area contributed by atoms with Crippen molar-refractivity contribution in [2.75, 3.05) is 20.1 Å². The van der Waals surface area contributed by atoms with Gasteiger partial charge in [0, 0.05) is 12.1 Å². The molecule has 1 aliphatic rings. The van der Waals surface area contributed by atoms with Crippen LogP contribution in [-0.2, 0) is 0 Å². The molecule has 1 rings (SSSR count). The van der Waals surface area contributed by atoms with E-state index in [0.29, 0.717) is 6.04 Å². The summed E-state index contributed by atoms with van der Waals surface area (Å²) in [6, 6.07) is 1.61. The van der Waals surface area contributed by atoms with Gasteiger partial charge in [0.05, 0.1) is 0 Å². The standard InChI is InChI=1S/C14H30N2/c1-12(2)9-11-16(14-7-8-14)10-5-6-13(3)15-4/h12-15H,5-11H2,1-4H3. The van der Waals surface area contributed by atoms with Crippen molar-refractivity contribution >= 4 is 0 Å². The van der Waals surface area contributed by atoms with Crippen LogP contribution in [0.1, 0.15) is 52.9 Å². The smallest absolute Gasteiger partial charge is 0.00964 e. The minimum absolute atomic E-state index is 0.672. The molecule has 0 bridgehead atoms. The molecule has 1 aliphatic carbocycles. The number of hydrogen-bond acceptors (Lipinski definition) is 2. The maximum absolute atomic E-state index is 3.32. The Kier molecular flexibility index (Phi) is 6.37. The largest absolute Gasteiger partial charge is 0.317 e. The Bertz CT molecular complexity index is 176. The number of hydrogen-bond donors (Lipinski definition) is 1. The molecule has 1 fully saturated rings. The van der Waals surface area contributed by atoms with E-state index in [1.807, 2.05) is 0 Å². The highest BCUT2D eigenvalue weighted by molar-refractivity contribution is 4.84. The first kappa shape index (κ1) is 14.0. The van der Waals surface area contributed by atoms with Gasteiger partial charge in [0.2, 0.25) is 0 Å². The number of rotatable bonds is 9. The van der Waals surface area contributed by atoms with Gasteiger partial charge < -0.3 is 10.2 Å². The molecule has 2 nitrogen and oxygen atoms in total. The SMILES string of the molecule is CNC(C)CCCN(CCC(C)C)C1CC1. The summed E-state index contributed by atoms with van der Waals surface area (Å²) in [7, 11) is 2.06. The van der Waals surface area contributed by atoms with E-state index >= 15 is 0 Å². The molecule has 1 unspecified atom stereocenters. The van der Waals surface area contributed by atoms with E-state index in [1.165, 1.54) is 45.2 Å². The fraction of sp³-hybridized carbons (Fsp3) is 1.00. The Labute approximate surface area is 102 Å². The Morgan fingerprint density at radius 1 is 1.12 bits per heavy atom. The van der Waals surface area contributed by atoms with E-state index in [0.717, 1.165) is 12.0 Å². The highest BCUT2D eigenvalue weighted by atomic mass is 15.2. The zero-order chi connectivity index (χ0) is 12.0. The number of nitrogens with zero attached hydrogens (tertiary/aromatic N) is 1. The van der Waals surface area contributed by atoms with Gasteiger partial charge in [0.15, 0.2) is 0 Å². The first-order valence-electron chi connectivity index (χ1n) is 7.04. The molecule has 1 saturated carbocycles. The first-order valence-corrected chi connectivity index (χ1v) is 7.04. The van der Waals surface area contributed by atoms with Gasteiger partial charge in [-0.2, -0.15) is 0 Å². The fourth-order valence-electron chi connectivity index (χ4n) is 2.09. The summed E-state index contributed by atoms with van der Waals surface area (Å²) < 4.78 is 0. The lowest BCUT2D eigenvalue weighted by Gasteiger charge is -2.23. The van der Waals surface area contributed by atoms with E-state index in [-0.39, 0.29) is 0 Å². The summed E-state index contributed by atoms with van der Waals surface area (Å²) in [6.45, 7) is 9.55. The summed E-state index contributed by atoms with van der Waals surface area (Å²) in [5.74, 6) is 0.845. The molecule has 1 atom stereocenters. The van der Waals surface area contributed by atoms with Crippen LogP contribution >= 0.6 is 0 Å². The van der Waals surface area contributed by atoms with Crippen LogP contribution in [0.15, 0.2) is 0 Å². The van der Waals surface area contributed by atoms with E-state index in [9.17, 15) is 0 Å². The first-order chi connectivity index (χ1) is 7.63. The highest BCUT2D eigenvalue weighted by Crippen LogP contribution is 2.27. The third kappa shape index (κ3) is 5.86. The molecule has 0 amide bonds. The van der Waals surface area contributed by atoms with E-state index in [4.69, 9.17) is 0 Å². The van der Waals surface area contributed by atoms with Crippen molar-refractivity contribution in [2.45, 2.75) is 65.0 Å². The molecule has 0 aromatic carbocycles. The van der Waals surface area contributed by atoms with Crippen LogP contribution in [0.25, 0.3) is 0 Å². The summed E-state index contributed by atoms with van der Waals surface area (Å²) >= 11 is 0. The Hall–Kier alpha value is -0.0800. The molecule has 0 radical (unpaired) electrons. The van der Waals surface area contributed by atoms with Gasteiger partial charge in [0.25, 0.3) is 0 Å². The molecule has 0 aliphatic heterocycles. The van der Waals surface area contributed by atoms with Crippen LogP contribution in [0.3, 0.4) is 0 Å². The molecule has 0 aromatic heterocycles. The Balaban J connectivity index is 2.13. The van der Waals surface area contributed by atoms with Crippen LogP contribution in [0.2, 0.25) is 0 Å². The van der Waals surface area contributed by atoms with Gasteiger partial charge >= 0.3 is 0 Å². The van der Waals surface area contributed by atoms with Crippen LogP contribution < -0.4 is 5.32 Å². The van der Waals surface area contributed by atoms with E-state index in [2.05, 4.69) is 38.0 Å². The zero-order valence-electron chi connectivity index (χ0n) is 11.6. The molecule has 1 N–H and O–H groups in total. The zero-order valence-corrected chi connectivity index (χ0v) is 11.6. The molecular weight excluding hydrogens is 196 g/mol. The molecular formula is C14H30N2. The normalized spacial score (nSPS) is 18.4. The minimum Gasteiger partial charge on any atom is -0.317 e. The van der Waals surface area contributed by atoms with Crippen molar-refractivity contribution in [1.82, 2.24) is 10.2 Å². The third-order valence-electron chi connectivity index (χ3n) is 3.63. The topological polar surface area (TPSA) is 15.3 Å². The van der Waals surface area contributed by atoms with Gasteiger partial charge in [-0.25, -0.2) is 0 Å². The predicted molar refractivity (Wildman–Crippen MR) is 71.8 cm³/mol. The van der Waals surface area contributed by atoms with Crippen LogP contribution in [0, 0.1) is 5.92 Å². The molecule has 0 heterocycles.